The van der Waals surface area contributed by atoms with Crippen LogP contribution in [-0.4, -0.2) is 24.1 Å². The Kier molecular flexibility index (Phi) is 7.36. The number of hydrogen-bond donors (Lipinski definition) is 2. The van der Waals surface area contributed by atoms with E-state index in [1.807, 2.05) is 42.5 Å². The van der Waals surface area contributed by atoms with E-state index in [1.165, 1.54) is 24.2 Å². The van der Waals surface area contributed by atoms with E-state index in [0.29, 0.717) is 12.3 Å². The predicted molar refractivity (Wildman–Crippen MR) is 99.2 cm³/mol. The van der Waals surface area contributed by atoms with Gasteiger partial charge in [0.2, 0.25) is 11.8 Å². The molecule has 0 fully saturated rings. The first kappa shape index (κ1) is 18.1. The Morgan fingerprint density at radius 3 is 2.38 bits per heavy atom. The van der Waals surface area contributed by atoms with Gasteiger partial charge in [-0.1, -0.05) is 30.3 Å². The highest BCUT2D eigenvalue weighted by Crippen LogP contribution is 2.20. The molecule has 126 valence electrons. The molecule has 5 heteroatoms. The van der Waals surface area contributed by atoms with Crippen molar-refractivity contribution in [1.29, 1.82) is 0 Å². The maximum Gasteiger partial charge on any atom is 0.230 e. The molecule has 0 radical (unpaired) electrons. The first-order chi connectivity index (χ1) is 11.6. The molecule has 0 heterocycles. The summed E-state index contributed by atoms with van der Waals surface area (Å²) < 4.78 is 0. The van der Waals surface area contributed by atoms with Gasteiger partial charge in [-0.25, -0.2) is 0 Å². The van der Waals surface area contributed by atoms with Crippen LogP contribution in [0.4, 0.5) is 5.69 Å². The normalized spacial score (nSPS) is 10.2. The van der Waals surface area contributed by atoms with Crippen molar-refractivity contribution in [2.45, 2.75) is 24.7 Å². The zero-order chi connectivity index (χ0) is 17.2. The van der Waals surface area contributed by atoms with Crippen LogP contribution in [0.1, 0.15) is 18.9 Å². The Morgan fingerprint density at radius 2 is 1.71 bits per heavy atom. The maximum atomic E-state index is 11.9. The lowest BCUT2D eigenvalue weighted by Gasteiger charge is -2.06. The van der Waals surface area contributed by atoms with Gasteiger partial charge >= 0.3 is 0 Å². The van der Waals surface area contributed by atoms with E-state index >= 15 is 0 Å². The minimum Gasteiger partial charge on any atom is -0.355 e. The summed E-state index contributed by atoms with van der Waals surface area (Å²) in [6, 6.07) is 17.7. The van der Waals surface area contributed by atoms with E-state index in [4.69, 9.17) is 0 Å². The molecule has 2 amide bonds. The van der Waals surface area contributed by atoms with Gasteiger partial charge in [0, 0.05) is 24.1 Å². The average molecular weight is 342 g/mol. The van der Waals surface area contributed by atoms with E-state index in [1.54, 1.807) is 0 Å². The molecule has 24 heavy (non-hydrogen) atoms. The molecule has 0 atom stereocenters. The van der Waals surface area contributed by atoms with Crippen molar-refractivity contribution in [1.82, 2.24) is 5.32 Å². The van der Waals surface area contributed by atoms with Gasteiger partial charge in [0.1, 0.15) is 0 Å². The van der Waals surface area contributed by atoms with Gasteiger partial charge in [-0.05, 0) is 42.7 Å². The number of carbonyl (C=O) groups excluding carboxylic acids is 2. The van der Waals surface area contributed by atoms with Gasteiger partial charge in [0.05, 0.1) is 5.75 Å². The minimum absolute atomic E-state index is 0.0407. The van der Waals surface area contributed by atoms with Gasteiger partial charge in [0.25, 0.3) is 0 Å². The lowest BCUT2D eigenvalue weighted by atomic mass is 10.1. The Bertz CT molecular complexity index is 657. The fourth-order valence-electron chi connectivity index (χ4n) is 2.20. The Hall–Kier alpha value is -2.27. The van der Waals surface area contributed by atoms with E-state index in [9.17, 15) is 9.59 Å². The van der Waals surface area contributed by atoms with Gasteiger partial charge in [-0.3, -0.25) is 9.59 Å². The summed E-state index contributed by atoms with van der Waals surface area (Å²) in [7, 11) is 0. The second kappa shape index (κ2) is 9.78. The molecular formula is C19H22N2O2S. The Labute approximate surface area is 147 Å². The first-order valence-electron chi connectivity index (χ1n) is 7.94. The lowest BCUT2D eigenvalue weighted by molar-refractivity contribution is -0.118. The summed E-state index contributed by atoms with van der Waals surface area (Å²) in [5.74, 6) is 0.342. The highest BCUT2D eigenvalue weighted by molar-refractivity contribution is 8.00. The van der Waals surface area contributed by atoms with Crippen molar-refractivity contribution in [2.24, 2.45) is 0 Å². The van der Waals surface area contributed by atoms with Crippen LogP contribution in [0.25, 0.3) is 0 Å². The van der Waals surface area contributed by atoms with E-state index in [-0.39, 0.29) is 11.8 Å². The van der Waals surface area contributed by atoms with Crippen LogP contribution < -0.4 is 10.6 Å². The highest BCUT2D eigenvalue weighted by atomic mass is 32.2. The van der Waals surface area contributed by atoms with Crippen LogP contribution in [0, 0.1) is 0 Å². The molecular weight excluding hydrogens is 320 g/mol. The molecule has 0 saturated heterocycles. The molecule has 0 spiro atoms. The SMILES string of the molecule is CC(=O)Nc1ccc(SCC(=O)NCCCc2ccccc2)cc1. The lowest BCUT2D eigenvalue weighted by Crippen LogP contribution is -2.26. The van der Waals surface area contributed by atoms with E-state index in [2.05, 4.69) is 22.8 Å². The van der Waals surface area contributed by atoms with Crippen molar-refractivity contribution < 1.29 is 9.59 Å². The van der Waals surface area contributed by atoms with Crippen molar-refractivity contribution in [3.05, 3.63) is 60.2 Å². The molecule has 2 aromatic carbocycles. The van der Waals surface area contributed by atoms with Crippen molar-refractivity contribution >= 4 is 29.3 Å². The van der Waals surface area contributed by atoms with Crippen LogP contribution in [0.2, 0.25) is 0 Å². The quantitative estimate of drug-likeness (QED) is 0.570. The largest absolute Gasteiger partial charge is 0.355 e. The zero-order valence-electron chi connectivity index (χ0n) is 13.7. The third-order valence-electron chi connectivity index (χ3n) is 3.35. The molecule has 2 N–H and O–H groups in total. The number of rotatable bonds is 8. The van der Waals surface area contributed by atoms with E-state index < -0.39 is 0 Å². The second-order valence-corrected chi connectivity index (χ2v) is 6.48. The standard InChI is InChI=1S/C19H22N2O2S/c1-15(22)21-17-9-11-18(12-10-17)24-14-19(23)20-13-5-8-16-6-3-2-4-7-16/h2-4,6-7,9-12H,5,8,13-14H2,1H3,(H,20,23)(H,21,22). The molecule has 0 aliphatic rings. The third-order valence-corrected chi connectivity index (χ3v) is 4.36. The second-order valence-electron chi connectivity index (χ2n) is 5.43. The summed E-state index contributed by atoms with van der Waals surface area (Å²) >= 11 is 1.49. The van der Waals surface area contributed by atoms with Crippen LogP contribution in [0.15, 0.2) is 59.5 Å². The predicted octanol–water partition coefficient (Wildman–Crippen LogP) is 3.49. The van der Waals surface area contributed by atoms with Crippen LogP contribution in [0.5, 0.6) is 0 Å². The monoisotopic (exact) mass is 342 g/mol. The number of thioether (sulfide) groups is 1. The van der Waals surface area contributed by atoms with Gasteiger partial charge in [-0.15, -0.1) is 11.8 Å². The number of nitrogens with one attached hydrogen (secondary N) is 2. The highest BCUT2D eigenvalue weighted by Gasteiger charge is 2.03. The molecule has 0 aliphatic carbocycles. The van der Waals surface area contributed by atoms with E-state index in [0.717, 1.165) is 23.4 Å². The third kappa shape index (κ3) is 6.87. The zero-order valence-corrected chi connectivity index (χ0v) is 14.6. The molecule has 2 aromatic rings. The number of aryl methyl sites for hydroxylation is 1. The number of anilines is 1. The molecule has 0 aromatic heterocycles. The van der Waals surface area contributed by atoms with Crippen molar-refractivity contribution in [3.63, 3.8) is 0 Å². The first-order valence-corrected chi connectivity index (χ1v) is 8.93. The number of benzene rings is 2. The van der Waals surface area contributed by atoms with Crippen molar-refractivity contribution in [3.8, 4) is 0 Å². The summed E-state index contributed by atoms with van der Waals surface area (Å²) in [5, 5.41) is 5.66. The smallest absolute Gasteiger partial charge is 0.230 e. The van der Waals surface area contributed by atoms with Gasteiger partial charge in [0.15, 0.2) is 0 Å². The Morgan fingerprint density at radius 1 is 1.00 bits per heavy atom. The molecule has 2 rings (SSSR count). The number of hydrogen-bond acceptors (Lipinski definition) is 3. The maximum absolute atomic E-state index is 11.9. The summed E-state index contributed by atoms with van der Waals surface area (Å²) in [6.45, 7) is 2.17. The summed E-state index contributed by atoms with van der Waals surface area (Å²) in [4.78, 5) is 23.8. The van der Waals surface area contributed by atoms with Crippen LogP contribution in [-0.2, 0) is 16.0 Å². The fraction of sp³-hybridized carbons (Fsp3) is 0.263. The topological polar surface area (TPSA) is 58.2 Å². The van der Waals surface area contributed by atoms with Crippen molar-refractivity contribution in [2.75, 3.05) is 17.6 Å². The number of carbonyl (C=O) groups is 2. The van der Waals surface area contributed by atoms with Crippen LogP contribution >= 0.6 is 11.8 Å². The number of amides is 2. The summed E-state index contributed by atoms with van der Waals surface area (Å²) in [5.41, 5.74) is 2.05. The summed E-state index contributed by atoms with van der Waals surface area (Å²) in [6.07, 6.45) is 1.91. The molecule has 0 unspecified atom stereocenters. The molecule has 0 aliphatic heterocycles. The van der Waals surface area contributed by atoms with Gasteiger partial charge < -0.3 is 10.6 Å². The van der Waals surface area contributed by atoms with Gasteiger partial charge in [-0.2, -0.15) is 0 Å². The average Bonchev–Trinajstić information content (AvgIpc) is 2.58. The molecule has 0 bridgehead atoms. The molecule has 4 nitrogen and oxygen atoms in total. The molecule has 0 saturated carbocycles. The van der Waals surface area contributed by atoms with Crippen LogP contribution in [0.3, 0.4) is 0 Å². The fourth-order valence-corrected chi connectivity index (χ4v) is 2.93. The Balaban J connectivity index is 1.63. The minimum atomic E-state index is -0.0923.